The zero-order valence-corrected chi connectivity index (χ0v) is 15.1. The largest absolute Gasteiger partial charge is 0.618 e. The van der Waals surface area contributed by atoms with Crippen LogP contribution in [0.1, 0.15) is 23.3 Å². The lowest BCUT2D eigenvalue weighted by atomic mass is 10.1. The highest BCUT2D eigenvalue weighted by Gasteiger charge is 2.18. The molecule has 1 fully saturated rings. The standard InChI is InChI=1S/C18H20N8O2/c19-16(27)15-17(23-18(25-24-15)22-13-4-1-7-20-10-13)21-12-5-6-14-11(9-12)3-2-8-26(14)28/h2-3,5-6,8-9,13,20H,1,4,7,10H2,(H2,19,27)(H2,21,22,23,25)/t13-/m1/s1. The molecule has 3 heterocycles. The molecule has 0 saturated carbocycles. The quantitative estimate of drug-likeness (QED) is 0.373. The van der Waals surface area contributed by atoms with Crippen molar-refractivity contribution in [1.82, 2.24) is 20.5 Å². The van der Waals surface area contributed by atoms with Crippen LogP contribution in [0.2, 0.25) is 0 Å². The molecule has 28 heavy (non-hydrogen) atoms. The first kappa shape index (κ1) is 17.9. The van der Waals surface area contributed by atoms with Gasteiger partial charge in [0.2, 0.25) is 11.5 Å². The van der Waals surface area contributed by atoms with E-state index in [4.69, 9.17) is 5.73 Å². The summed E-state index contributed by atoms with van der Waals surface area (Å²) in [6.07, 6.45) is 3.50. The number of rotatable bonds is 5. The lowest BCUT2D eigenvalue weighted by Gasteiger charge is -2.23. The summed E-state index contributed by atoms with van der Waals surface area (Å²) in [4.78, 5) is 16.1. The predicted octanol–water partition coefficient (Wildman–Crippen LogP) is 0.665. The van der Waals surface area contributed by atoms with Gasteiger partial charge >= 0.3 is 0 Å². The van der Waals surface area contributed by atoms with Crippen LogP contribution in [0.3, 0.4) is 0 Å². The van der Waals surface area contributed by atoms with Gasteiger partial charge in [0.25, 0.3) is 5.91 Å². The molecular weight excluding hydrogens is 360 g/mol. The Bertz CT molecular complexity index is 1020. The summed E-state index contributed by atoms with van der Waals surface area (Å²) in [5, 5.41) is 30.1. The Kier molecular flexibility index (Phi) is 4.85. The van der Waals surface area contributed by atoms with E-state index < -0.39 is 5.91 Å². The molecule has 1 atom stereocenters. The van der Waals surface area contributed by atoms with Gasteiger partial charge in [0, 0.05) is 35.8 Å². The predicted molar refractivity (Wildman–Crippen MR) is 104 cm³/mol. The molecule has 10 nitrogen and oxygen atoms in total. The molecule has 0 bridgehead atoms. The zero-order chi connectivity index (χ0) is 19.5. The maximum absolute atomic E-state index is 11.8. The van der Waals surface area contributed by atoms with E-state index in [1.807, 2.05) is 6.07 Å². The number of fused-ring (bicyclic) bond motifs is 1. The van der Waals surface area contributed by atoms with E-state index in [-0.39, 0.29) is 17.6 Å². The number of aromatic nitrogens is 4. The number of amides is 1. The van der Waals surface area contributed by atoms with Gasteiger partial charge in [-0.2, -0.15) is 9.71 Å². The summed E-state index contributed by atoms with van der Waals surface area (Å²) >= 11 is 0. The van der Waals surface area contributed by atoms with E-state index in [1.165, 1.54) is 6.20 Å². The van der Waals surface area contributed by atoms with Gasteiger partial charge in [0.05, 0.1) is 0 Å². The highest BCUT2D eigenvalue weighted by atomic mass is 16.5. The molecule has 1 aliphatic heterocycles. The number of carbonyl (C=O) groups excluding carboxylic acids is 1. The van der Waals surface area contributed by atoms with Crippen molar-refractivity contribution in [1.29, 1.82) is 0 Å². The smallest absolute Gasteiger partial charge is 0.273 e. The number of nitrogens with two attached hydrogens (primary N) is 1. The molecule has 1 saturated heterocycles. The first-order chi connectivity index (χ1) is 13.6. The topological polar surface area (TPSA) is 145 Å². The molecule has 144 valence electrons. The molecule has 0 aliphatic carbocycles. The van der Waals surface area contributed by atoms with Gasteiger partial charge in [0.1, 0.15) is 0 Å². The number of hydrogen-bond acceptors (Lipinski definition) is 8. The maximum atomic E-state index is 11.8. The van der Waals surface area contributed by atoms with Crippen molar-refractivity contribution in [2.45, 2.75) is 18.9 Å². The second-order valence-electron chi connectivity index (χ2n) is 6.62. The summed E-state index contributed by atoms with van der Waals surface area (Å²) in [5.74, 6) is -0.204. The monoisotopic (exact) mass is 380 g/mol. The van der Waals surface area contributed by atoms with E-state index in [0.29, 0.717) is 17.2 Å². The summed E-state index contributed by atoms with van der Waals surface area (Å²) in [5.41, 5.74) is 6.54. The van der Waals surface area contributed by atoms with Crippen LogP contribution in [0.4, 0.5) is 17.5 Å². The molecule has 0 radical (unpaired) electrons. The minimum atomic E-state index is -0.730. The number of pyridine rings is 1. The molecule has 1 amide bonds. The van der Waals surface area contributed by atoms with Gasteiger partial charge in [-0.05, 0) is 37.6 Å². The fraction of sp³-hybridized carbons (Fsp3) is 0.278. The number of piperidine rings is 1. The van der Waals surface area contributed by atoms with Gasteiger partial charge in [-0.25, -0.2) is 0 Å². The Morgan fingerprint density at radius 3 is 3.00 bits per heavy atom. The van der Waals surface area contributed by atoms with E-state index in [1.54, 1.807) is 24.3 Å². The number of anilines is 3. The number of nitrogens with zero attached hydrogens (tertiary/aromatic N) is 4. The van der Waals surface area contributed by atoms with Crippen molar-refractivity contribution in [2.24, 2.45) is 5.73 Å². The fourth-order valence-corrected chi connectivity index (χ4v) is 3.21. The second-order valence-corrected chi connectivity index (χ2v) is 6.62. The normalized spacial score (nSPS) is 16.6. The Morgan fingerprint density at radius 1 is 1.32 bits per heavy atom. The average molecular weight is 380 g/mol. The van der Waals surface area contributed by atoms with Crippen LogP contribution in [-0.2, 0) is 0 Å². The molecule has 0 spiro atoms. The van der Waals surface area contributed by atoms with Crippen molar-refractivity contribution in [3.8, 4) is 0 Å². The van der Waals surface area contributed by atoms with Crippen LogP contribution >= 0.6 is 0 Å². The van der Waals surface area contributed by atoms with Gasteiger partial charge in [-0.15, -0.1) is 10.2 Å². The molecule has 3 aromatic rings. The Balaban J connectivity index is 1.63. The number of hydrogen-bond donors (Lipinski definition) is 4. The molecule has 0 unspecified atom stereocenters. The van der Waals surface area contributed by atoms with Crippen LogP contribution in [0.15, 0.2) is 36.5 Å². The molecule has 10 heteroatoms. The van der Waals surface area contributed by atoms with E-state index in [2.05, 4.69) is 31.1 Å². The third-order valence-corrected chi connectivity index (χ3v) is 4.58. The summed E-state index contributed by atoms with van der Waals surface area (Å²) < 4.78 is 0.792. The fourth-order valence-electron chi connectivity index (χ4n) is 3.21. The van der Waals surface area contributed by atoms with Crippen molar-refractivity contribution in [2.75, 3.05) is 23.7 Å². The number of carbonyl (C=O) groups is 1. The minimum absolute atomic E-state index is 0.0561. The summed E-state index contributed by atoms with van der Waals surface area (Å²) in [6.45, 7) is 1.81. The number of nitrogens with one attached hydrogen (secondary N) is 3. The van der Waals surface area contributed by atoms with Gasteiger partial charge in [-0.3, -0.25) is 4.79 Å². The van der Waals surface area contributed by atoms with E-state index in [0.717, 1.165) is 36.0 Å². The van der Waals surface area contributed by atoms with Crippen LogP contribution in [0.5, 0.6) is 0 Å². The van der Waals surface area contributed by atoms with Gasteiger partial charge in [0.15, 0.2) is 17.7 Å². The number of primary amides is 1. The van der Waals surface area contributed by atoms with Crippen LogP contribution in [-0.4, -0.2) is 40.2 Å². The highest BCUT2D eigenvalue weighted by molar-refractivity contribution is 5.96. The Hall–Kier alpha value is -3.53. The summed E-state index contributed by atoms with van der Waals surface area (Å²) in [6, 6.07) is 8.88. The number of benzene rings is 1. The van der Waals surface area contributed by atoms with E-state index in [9.17, 15) is 10.0 Å². The Labute approximate surface area is 160 Å². The van der Waals surface area contributed by atoms with Gasteiger partial charge in [-0.1, -0.05) is 0 Å². The second kappa shape index (κ2) is 7.61. The molecule has 1 aliphatic rings. The lowest BCUT2D eigenvalue weighted by molar-refractivity contribution is -0.577. The molecule has 4 rings (SSSR count). The SMILES string of the molecule is NC(=O)c1nnc(N[C@@H]2CCCNC2)nc1Nc1ccc2c(ccc[n+]2[O-])c1. The third kappa shape index (κ3) is 3.76. The summed E-state index contributed by atoms with van der Waals surface area (Å²) in [7, 11) is 0. The van der Waals surface area contributed by atoms with Crippen molar-refractivity contribution < 1.29 is 9.52 Å². The van der Waals surface area contributed by atoms with Crippen LogP contribution in [0.25, 0.3) is 10.9 Å². The average Bonchev–Trinajstić information content (AvgIpc) is 2.69. The van der Waals surface area contributed by atoms with E-state index >= 15 is 0 Å². The third-order valence-electron chi connectivity index (χ3n) is 4.58. The zero-order valence-electron chi connectivity index (χ0n) is 15.1. The molecular formula is C18H20N8O2. The molecule has 1 aromatic carbocycles. The first-order valence-corrected chi connectivity index (χ1v) is 9.01. The highest BCUT2D eigenvalue weighted by Crippen LogP contribution is 2.22. The minimum Gasteiger partial charge on any atom is -0.618 e. The Morgan fingerprint density at radius 2 is 2.21 bits per heavy atom. The molecule has 5 N–H and O–H groups in total. The van der Waals surface area contributed by atoms with Crippen molar-refractivity contribution in [3.63, 3.8) is 0 Å². The van der Waals surface area contributed by atoms with Crippen molar-refractivity contribution in [3.05, 3.63) is 47.4 Å². The first-order valence-electron chi connectivity index (χ1n) is 9.01. The van der Waals surface area contributed by atoms with Crippen LogP contribution < -0.4 is 26.4 Å². The van der Waals surface area contributed by atoms with Crippen LogP contribution in [0, 0.1) is 5.21 Å². The maximum Gasteiger partial charge on any atom is 0.273 e. The lowest BCUT2D eigenvalue weighted by Crippen LogP contribution is -2.39. The molecule has 2 aromatic heterocycles. The van der Waals surface area contributed by atoms with Crippen molar-refractivity contribution >= 4 is 34.3 Å². The van der Waals surface area contributed by atoms with Gasteiger partial charge < -0.3 is 26.9 Å².